The molecule has 3 rings (SSSR count). The van der Waals surface area contributed by atoms with Crippen LogP contribution in [0.2, 0.25) is 0 Å². The van der Waals surface area contributed by atoms with Gasteiger partial charge in [0, 0.05) is 23.4 Å². The zero-order chi connectivity index (χ0) is 19.1. The van der Waals surface area contributed by atoms with Crippen molar-refractivity contribution in [2.24, 2.45) is 5.92 Å². The van der Waals surface area contributed by atoms with E-state index in [-0.39, 0.29) is 0 Å². The van der Waals surface area contributed by atoms with Crippen LogP contribution in [0.4, 0.5) is 0 Å². The molecule has 1 fully saturated rings. The van der Waals surface area contributed by atoms with E-state index in [4.69, 9.17) is 9.72 Å². The Bertz CT molecular complexity index is 745. The Balaban J connectivity index is 1.82. The van der Waals surface area contributed by atoms with Gasteiger partial charge in [0.2, 0.25) is 0 Å². The Morgan fingerprint density at radius 2 is 1.89 bits per heavy atom. The average Bonchev–Trinajstić information content (AvgIpc) is 2.68. The van der Waals surface area contributed by atoms with Gasteiger partial charge in [-0.15, -0.1) is 0 Å². The summed E-state index contributed by atoms with van der Waals surface area (Å²) in [5.74, 6) is 1.73. The number of pyridine rings is 1. The summed E-state index contributed by atoms with van der Waals surface area (Å²) in [5, 5.41) is 3.46. The molecule has 27 heavy (non-hydrogen) atoms. The minimum atomic E-state index is 0.692. The molecule has 0 radical (unpaired) electrons. The van der Waals surface area contributed by atoms with Gasteiger partial charge in [-0.25, -0.2) is 0 Å². The highest BCUT2D eigenvalue weighted by molar-refractivity contribution is 5.66. The van der Waals surface area contributed by atoms with Crippen molar-refractivity contribution in [3.05, 3.63) is 59.9 Å². The average molecular weight is 365 g/mol. The molecule has 1 saturated heterocycles. The van der Waals surface area contributed by atoms with Gasteiger partial charge in [0.1, 0.15) is 5.75 Å². The molecular formula is C24H32N2O. The lowest BCUT2D eigenvalue weighted by atomic mass is 9.90. The van der Waals surface area contributed by atoms with Crippen LogP contribution in [0.5, 0.6) is 5.75 Å². The third-order valence-corrected chi connectivity index (χ3v) is 5.24. The van der Waals surface area contributed by atoms with Crippen molar-refractivity contribution < 1.29 is 4.74 Å². The number of benzene rings is 1. The van der Waals surface area contributed by atoms with Crippen LogP contribution in [0.25, 0.3) is 11.1 Å². The lowest BCUT2D eigenvalue weighted by Gasteiger charge is -2.23. The van der Waals surface area contributed by atoms with Gasteiger partial charge in [0.25, 0.3) is 0 Å². The number of allylic oxidation sites excluding steroid dienone is 1. The summed E-state index contributed by atoms with van der Waals surface area (Å²) in [7, 11) is 0. The van der Waals surface area contributed by atoms with Gasteiger partial charge < -0.3 is 10.1 Å². The van der Waals surface area contributed by atoms with Gasteiger partial charge in [-0.3, -0.25) is 4.98 Å². The molecule has 0 atom stereocenters. The predicted molar refractivity (Wildman–Crippen MR) is 113 cm³/mol. The zero-order valence-electron chi connectivity index (χ0n) is 16.8. The number of ether oxygens (including phenoxy) is 1. The Morgan fingerprint density at radius 3 is 2.56 bits per heavy atom. The number of piperidine rings is 1. The summed E-state index contributed by atoms with van der Waals surface area (Å²) >= 11 is 0. The van der Waals surface area contributed by atoms with Crippen molar-refractivity contribution in [1.29, 1.82) is 0 Å². The van der Waals surface area contributed by atoms with E-state index in [1.807, 2.05) is 6.92 Å². The highest BCUT2D eigenvalue weighted by Crippen LogP contribution is 2.28. The van der Waals surface area contributed by atoms with Crippen LogP contribution in [-0.4, -0.2) is 24.7 Å². The number of aromatic nitrogens is 1. The van der Waals surface area contributed by atoms with Crippen molar-refractivity contribution in [3.8, 4) is 16.9 Å². The molecule has 1 aliphatic heterocycles. The molecule has 0 bridgehead atoms. The number of aryl methyl sites for hydroxylation is 1. The molecule has 3 heteroatoms. The van der Waals surface area contributed by atoms with Crippen LogP contribution in [0.1, 0.15) is 44.5 Å². The highest BCUT2D eigenvalue weighted by Gasteiger charge is 2.15. The number of rotatable bonds is 8. The largest absolute Gasteiger partial charge is 0.494 e. The summed E-state index contributed by atoms with van der Waals surface area (Å²) in [6.45, 7) is 11.1. The van der Waals surface area contributed by atoms with Crippen LogP contribution in [0, 0.1) is 5.92 Å². The van der Waals surface area contributed by atoms with Gasteiger partial charge in [0.05, 0.1) is 6.61 Å². The normalized spacial score (nSPS) is 14.9. The number of nitrogens with zero attached hydrogens (tertiary/aromatic N) is 1. The van der Waals surface area contributed by atoms with Gasteiger partial charge >= 0.3 is 0 Å². The summed E-state index contributed by atoms with van der Waals surface area (Å²) in [6, 6.07) is 12.8. The van der Waals surface area contributed by atoms with E-state index in [0.29, 0.717) is 6.61 Å². The van der Waals surface area contributed by atoms with Crippen LogP contribution >= 0.6 is 0 Å². The fourth-order valence-corrected chi connectivity index (χ4v) is 3.82. The zero-order valence-corrected chi connectivity index (χ0v) is 16.8. The minimum absolute atomic E-state index is 0.692. The molecule has 1 aromatic heterocycles. The first-order valence-electron chi connectivity index (χ1n) is 10.2. The number of nitrogens with one attached hydrogen (secondary N) is 1. The minimum Gasteiger partial charge on any atom is -0.494 e. The van der Waals surface area contributed by atoms with Gasteiger partial charge in [-0.1, -0.05) is 30.4 Å². The number of hydrogen-bond acceptors (Lipinski definition) is 3. The molecule has 2 aromatic rings. The van der Waals surface area contributed by atoms with Crippen molar-refractivity contribution in [2.75, 3.05) is 19.7 Å². The Morgan fingerprint density at radius 1 is 1.15 bits per heavy atom. The first kappa shape index (κ1) is 19.6. The second kappa shape index (κ2) is 9.70. The van der Waals surface area contributed by atoms with Gasteiger partial charge in [-0.05, 0) is 82.3 Å². The summed E-state index contributed by atoms with van der Waals surface area (Å²) in [5.41, 5.74) is 5.96. The van der Waals surface area contributed by atoms with Gasteiger partial charge in [0.15, 0.2) is 0 Å². The Labute approximate surface area is 163 Å². The second-order valence-corrected chi connectivity index (χ2v) is 7.62. The molecule has 0 saturated carbocycles. The third-order valence-electron chi connectivity index (χ3n) is 5.24. The van der Waals surface area contributed by atoms with Crippen molar-refractivity contribution in [3.63, 3.8) is 0 Å². The van der Waals surface area contributed by atoms with E-state index in [1.165, 1.54) is 36.1 Å². The first-order chi connectivity index (χ1) is 13.2. The predicted octanol–water partition coefficient (Wildman–Crippen LogP) is 5.20. The van der Waals surface area contributed by atoms with Crippen LogP contribution < -0.4 is 10.1 Å². The quantitative estimate of drug-likeness (QED) is 0.654. The molecule has 0 amide bonds. The van der Waals surface area contributed by atoms with E-state index in [1.54, 1.807) is 0 Å². The molecule has 0 spiro atoms. The lowest BCUT2D eigenvalue weighted by Crippen LogP contribution is -2.28. The summed E-state index contributed by atoms with van der Waals surface area (Å²) in [6.07, 6.45) is 5.67. The standard InChI is InChI=1S/C24H32N2O/c1-4-27-22-9-6-20(7-10-22)23-11-8-21(17-18(2)3)26-24(23)12-5-19-13-15-25-16-14-19/h6-11,19,25H,2,4-5,12-17H2,1,3H3. The van der Waals surface area contributed by atoms with Gasteiger partial charge in [-0.2, -0.15) is 0 Å². The van der Waals surface area contributed by atoms with Crippen molar-refractivity contribution in [2.45, 2.75) is 46.0 Å². The fourth-order valence-electron chi connectivity index (χ4n) is 3.82. The molecule has 1 aliphatic rings. The molecule has 0 unspecified atom stereocenters. The van der Waals surface area contributed by atoms with E-state index < -0.39 is 0 Å². The SMILES string of the molecule is C=C(C)Cc1ccc(-c2ccc(OCC)cc2)c(CCC2CCNCC2)n1. The van der Waals surface area contributed by atoms with Crippen LogP contribution in [-0.2, 0) is 12.8 Å². The molecular weight excluding hydrogens is 332 g/mol. The monoisotopic (exact) mass is 364 g/mol. The Kier molecular flexibility index (Phi) is 7.05. The fraction of sp³-hybridized carbons (Fsp3) is 0.458. The van der Waals surface area contributed by atoms with E-state index >= 15 is 0 Å². The van der Waals surface area contributed by atoms with Crippen LogP contribution in [0.15, 0.2) is 48.6 Å². The molecule has 1 aromatic carbocycles. The summed E-state index contributed by atoms with van der Waals surface area (Å²) in [4.78, 5) is 5.02. The Hall–Kier alpha value is -2.13. The lowest BCUT2D eigenvalue weighted by molar-refractivity contribution is 0.340. The molecule has 3 nitrogen and oxygen atoms in total. The van der Waals surface area contributed by atoms with E-state index in [0.717, 1.165) is 48.9 Å². The maximum Gasteiger partial charge on any atom is 0.119 e. The summed E-state index contributed by atoms with van der Waals surface area (Å²) < 4.78 is 5.59. The van der Waals surface area contributed by atoms with E-state index in [2.05, 4.69) is 55.2 Å². The van der Waals surface area contributed by atoms with Crippen LogP contribution in [0.3, 0.4) is 0 Å². The third kappa shape index (κ3) is 5.67. The molecule has 2 heterocycles. The number of hydrogen-bond donors (Lipinski definition) is 1. The van der Waals surface area contributed by atoms with Crippen molar-refractivity contribution >= 4 is 0 Å². The molecule has 0 aliphatic carbocycles. The second-order valence-electron chi connectivity index (χ2n) is 7.62. The topological polar surface area (TPSA) is 34.1 Å². The maximum atomic E-state index is 5.59. The maximum absolute atomic E-state index is 5.59. The first-order valence-corrected chi connectivity index (χ1v) is 10.2. The van der Waals surface area contributed by atoms with Crippen molar-refractivity contribution in [1.82, 2.24) is 10.3 Å². The highest BCUT2D eigenvalue weighted by atomic mass is 16.5. The van der Waals surface area contributed by atoms with E-state index in [9.17, 15) is 0 Å². The smallest absolute Gasteiger partial charge is 0.119 e. The molecule has 144 valence electrons. The molecule has 1 N–H and O–H groups in total.